The highest BCUT2D eigenvalue weighted by molar-refractivity contribution is 5.83. The molecule has 1 N–H and O–H groups in total. The first kappa shape index (κ1) is 11.9. The Bertz CT molecular complexity index is 261. The highest BCUT2D eigenvalue weighted by atomic mass is 16.2. The van der Waals surface area contributed by atoms with Gasteiger partial charge in [-0.3, -0.25) is 10.1 Å². The molecule has 0 spiro atoms. The summed E-state index contributed by atoms with van der Waals surface area (Å²) in [5.41, 5.74) is 0. The molecule has 0 aromatic carbocycles. The van der Waals surface area contributed by atoms with E-state index in [4.69, 9.17) is 0 Å². The van der Waals surface area contributed by atoms with E-state index in [9.17, 15) is 4.79 Å². The predicted molar refractivity (Wildman–Crippen MR) is 64.8 cm³/mol. The van der Waals surface area contributed by atoms with E-state index < -0.39 is 0 Å². The molecule has 2 unspecified atom stereocenters. The van der Waals surface area contributed by atoms with Crippen molar-refractivity contribution in [1.29, 1.82) is 0 Å². The standard InChI is InChI=1S/C13H24N2O/c1-9(2)6-12-13(16)15(8-14-12)7-10(3)11-4-5-11/h9-12,14H,4-8H2,1-3H3. The summed E-state index contributed by atoms with van der Waals surface area (Å²) in [5.74, 6) is 2.48. The van der Waals surface area contributed by atoms with E-state index in [1.165, 1.54) is 12.8 Å². The Morgan fingerprint density at radius 3 is 2.62 bits per heavy atom. The van der Waals surface area contributed by atoms with Crippen molar-refractivity contribution in [2.24, 2.45) is 17.8 Å². The molecule has 1 amide bonds. The smallest absolute Gasteiger partial charge is 0.240 e. The quantitative estimate of drug-likeness (QED) is 0.773. The highest BCUT2D eigenvalue weighted by Gasteiger charge is 2.35. The van der Waals surface area contributed by atoms with E-state index >= 15 is 0 Å². The third-order valence-corrected chi connectivity index (χ3v) is 3.78. The first-order valence-electron chi connectivity index (χ1n) is 6.60. The van der Waals surface area contributed by atoms with Gasteiger partial charge in [0, 0.05) is 6.54 Å². The van der Waals surface area contributed by atoms with Gasteiger partial charge in [0.05, 0.1) is 12.7 Å². The van der Waals surface area contributed by atoms with Crippen LogP contribution in [0.5, 0.6) is 0 Å². The topological polar surface area (TPSA) is 32.3 Å². The maximum Gasteiger partial charge on any atom is 0.240 e. The van der Waals surface area contributed by atoms with Gasteiger partial charge in [-0.1, -0.05) is 20.8 Å². The Labute approximate surface area is 98.6 Å². The zero-order valence-corrected chi connectivity index (χ0v) is 10.7. The summed E-state index contributed by atoms with van der Waals surface area (Å²) in [4.78, 5) is 14.1. The van der Waals surface area contributed by atoms with Crippen LogP contribution in [0.3, 0.4) is 0 Å². The second kappa shape index (κ2) is 4.74. The first-order valence-corrected chi connectivity index (χ1v) is 6.60. The lowest BCUT2D eigenvalue weighted by Gasteiger charge is -2.20. The van der Waals surface area contributed by atoms with Crippen molar-refractivity contribution in [3.8, 4) is 0 Å². The average molecular weight is 224 g/mol. The molecule has 2 rings (SSSR count). The fourth-order valence-corrected chi connectivity index (χ4v) is 2.58. The van der Waals surface area contributed by atoms with Gasteiger partial charge in [0.1, 0.15) is 0 Å². The largest absolute Gasteiger partial charge is 0.328 e. The molecule has 1 saturated carbocycles. The molecule has 1 aliphatic carbocycles. The van der Waals surface area contributed by atoms with Gasteiger partial charge < -0.3 is 4.90 Å². The molecule has 0 bridgehead atoms. The van der Waals surface area contributed by atoms with Crippen LogP contribution in [0.15, 0.2) is 0 Å². The number of amides is 1. The molecule has 3 heteroatoms. The monoisotopic (exact) mass is 224 g/mol. The lowest BCUT2D eigenvalue weighted by Crippen LogP contribution is -2.34. The maximum atomic E-state index is 12.1. The van der Waals surface area contributed by atoms with Crippen LogP contribution >= 0.6 is 0 Å². The van der Waals surface area contributed by atoms with Crippen molar-refractivity contribution in [3.05, 3.63) is 0 Å². The summed E-state index contributed by atoms with van der Waals surface area (Å²) in [6.45, 7) is 8.33. The van der Waals surface area contributed by atoms with Gasteiger partial charge in [-0.2, -0.15) is 0 Å². The second-order valence-electron chi connectivity index (χ2n) is 5.92. The molecular formula is C13H24N2O. The minimum atomic E-state index is 0.0754. The minimum absolute atomic E-state index is 0.0754. The first-order chi connectivity index (χ1) is 7.58. The molecule has 3 nitrogen and oxygen atoms in total. The number of nitrogens with zero attached hydrogens (tertiary/aromatic N) is 1. The zero-order valence-electron chi connectivity index (χ0n) is 10.7. The third-order valence-electron chi connectivity index (χ3n) is 3.78. The molecule has 2 aliphatic rings. The third kappa shape index (κ3) is 2.76. The summed E-state index contributed by atoms with van der Waals surface area (Å²) >= 11 is 0. The van der Waals surface area contributed by atoms with E-state index in [0.717, 1.165) is 25.6 Å². The number of hydrogen-bond acceptors (Lipinski definition) is 2. The summed E-state index contributed by atoms with van der Waals surface area (Å²) in [5, 5.41) is 3.33. The lowest BCUT2D eigenvalue weighted by atomic mass is 10.0. The highest BCUT2D eigenvalue weighted by Crippen LogP contribution is 2.37. The van der Waals surface area contributed by atoms with E-state index in [1.54, 1.807) is 0 Å². The van der Waals surface area contributed by atoms with E-state index in [-0.39, 0.29) is 6.04 Å². The SMILES string of the molecule is CC(C)CC1NCN(CC(C)C2CC2)C1=O. The Kier molecular flexibility index (Phi) is 3.53. The fourth-order valence-electron chi connectivity index (χ4n) is 2.58. The van der Waals surface area contributed by atoms with E-state index in [0.29, 0.717) is 17.7 Å². The zero-order chi connectivity index (χ0) is 11.7. The van der Waals surface area contributed by atoms with E-state index in [1.807, 2.05) is 4.90 Å². The molecule has 16 heavy (non-hydrogen) atoms. The van der Waals surface area contributed by atoms with Gasteiger partial charge in [0.2, 0.25) is 5.91 Å². The van der Waals surface area contributed by atoms with Crippen LogP contribution < -0.4 is 5.32 Å². The predicted octanol–water partition coefficient (Wildman–Crippen LogP) is 1.84. The van der Waals surface area contributed by atoms with Gasteiger partial charge in [0.25, 0.3) is 0 Å². The van der Waals surface area contributed by atoms with Crippen LogP contribution in [-0.2, 0) is 4.79 Å². The Balaban J connectivity index is 1.81. The number of carbonyl (C=O) groups excluding carboxylic acids is 1. The van der Waals surface area contributed by atoms with Crippen molar-refractivity contribution >= 4 is 5.91 Å². The molecule has 1 aliphatic heterocycles. The van der Waals surface area contributed by atoms with Crippen LogP contribution in [0, 0.1) is 17.8 Å². The summed E-state index contributed by atoms with van der Waals surface area (Å²) in [6, 6.07) is 0.0754. The van der Waals surface area contributed by atoms with Gasteiger partial charge in [-0.25, -0.2) is 0 Å². The number of hydrogen-bond donors (Lipinski definition) is 1. The van der Waals surface area contributed by atoms with Crippen LogP contribution in [0.1, 0.15) is 40.0 Å². The van der Waals surface area contributed by atoms with Crippen LogP contribution in [0.4, 0.5) is 0 Å². The molecule has 92 valence electrons. The van der Waals surface area contributed by atoms with Crippen LogP contribution in [0.2, 0.25) is 0 Å². The lowest BCUT2D eigenvalue weighted by molar-refractivity contribution is -0.129. The number of nitrogens with one attached hydrogen (secondary N) is 1. The molecule has 0 aromatic heterocycles. The second-order valence-corrected chi connectivity index (χ2v) is 5.92. The summed E-state index contributed by atoms with van der Waals surface area (Å²) in [7, 11) is 0. The molecule has 0 radical (unpaired) electrons. The van der Waals surface area contributed by atoms with Crippen molar-refractivity contribution in [2.45, 2.75) is 46.1 Å². The van der Waals surface area contributed by atoms with E-state index in [2.05, 4.69) is 26.1 Å². The maximum absolute atomic E-state index is 12.1. The molecule has 1 saturated heterocycles. The molecular weight excluding hydrogens is 200 g/mol. The van der Waals surface area contributed by atoms with Gasteiger partial charge in [0.15, 0.2) is 0 Å². The normalized spacial score (nSPS) is 27.9. The van der Waals surface area contributed by atoms with Crippen molar-refractivity contribution in [1.82, 2.24) is 10.2 Å². The van der Waals surface area contributed by atoms with Crippen LogP contribution in [-0.4, -0.2) is 30.1 Å². The number of carbonyl (C=O) groups is 1. The Morgan fingerprint density at radius 2 is 2.06 bits per heavy atom. The van der Waals surface area contributed by atoms with Crippen molar-refractivity contribution < 1.29 is 4.79 Å². The van der Waals surface area contributed by atoms with Gasteiger partial charge in [-0.15, -0.1) is 0 Å². The number of rotatable bonds is 5. The summed E-state index contributed by atoms with van der Waals surface area (Å²) in [6.07, 6.45) is 3.70. The molecule has 2 fully saturated rings. The van der Waals surface area contributed by atoms with Crippen molar-refractivity contribution in [3.63, 3.8) is 0 Å². The van der Waals surface area contributed by atoms with Crippen molar-refractivity contribution in [2.75, 3.05) is 13.2 Å². The summed E-state index contributed by atoms with van der Waals surface area (Å²) < 4.78 is 0. The van der Waals surface area contributed by atoms with Crippen LogP contribution in [0.25, 0.3) is 0 Å². The molecule has 1 heterocycles. The van der Waals surface area contributed by atoms with Gasteiger partial charge in [-0.05, 0) is 37.0 Å². The fraction of sp³-hybridized carbons (Fsp3) is 0.923. The average Bonchev–Trinajstić information content (AvgIpc) is 2.99. The molecule has 0 aromatic rings. The molecule has 2 atom stereocenters. The Morgan fingerprint density at radius 1 is 1.38 bits per heavy atom. The van der Waals surface area contributed by atoms with Gasteiger partial charge >= 0.3 is 0 Å². The minimum Gasteiger partial charge on any atom is -0.328 e. The Hall–Kier alpha value is -0.570.